The van der Waals surface area contributed by atoms with Gasteiger partial charge in [-0.3, -0.25) is 47.3 Å². The van der Waals surface area contributed by atoms with Crippen LogP contribution in [0, 0.1) is 11.8 Å². The second-order valence-electron chi connectivity index (χ2n) is 32.7. The summed E-state index contributed by atoms with van der Waals surface area (Å²) < 4.78 is 59.8. The smallest absolute Gasteiger partial charge is 0.313 e. The Morgan fingerprint density at radius 1 is 0.461 bits per heavy atom. The van der Waals surface area contributed by atoms with Crippen molar-refractivity contribution in [3.05, 3.63) is 168 Å². The molecule has 0 bridgehead atoms. The third-order valence-electron chi connectivity index (χ3n) is 23.1. The van der Waals surface area contributed by atoms with Crippen molar-refractivity contribution < 1.29 is 51.7 Å². The molecule has 4 saturated carbocycles. The summed E-state index contributed by atoms with van der Waals surface area (Å²) in [6, 6.07) is 25.6. The number of nitrogens with zero attached hydrogens (tertiary/aromatic N) is 23. The molecule has 128 heavy (non-hydrogen) atoms. The average molecular weight is 1730 g/mol. The van der Waals surface area contributed by atoms with Crippen LogP contribution in [-0.2, 0) is 63.3 Å². The van der Waals surface area contributed by atoms with E-state index in [2.05, 4.69) is 91.8 Å². The molecule has 4 aromatic carbocycles. The van der Waals surface area contributed by atoms with Crippen LogP contribution in [0.1, 0.15) is 129 Å². The number of carbonyl (C=O) groups is 5. The van der Waals surface area contributed by atoms with Gasteiger partial charge in [0, 0.05) is 90.7 Å². The topological polar surface area (TPSA) is 442 Å². The highest BCUT2D eigenvalue weighted by Gasteiger charge is 2.47. The van der Waals surface area contributed by atoms with Crippen LogP contribution < -0.4 is 45.5 Å². The van der Waals surface area contributed by atoms with Crippen molar-refractivity contribution in [2.75, 3.05) is 75.7 Å². The summed E-state index contributed by atoms with van der Waals surface area (Å²) in [4.78, 5) is 125. The first-order valence-electron chi connectivity index (χ1n) is 41.5. The molecule has 41 heteroatoms. The number of nitrogens with one attached hydrogen (secondary N) is 7. The molecular formula is C87H84F2N30O9. The number of aryl methyl sites for hydroxylation is 4. The molecule has 0 saturated heterocycles. The molecule has 4 aliphatic heterocycles. The number of anilines is 8. The molecule has 0 spiro atoms. The molecule has 4 aliphatic carbocycles. The third kappa shape index (κ3) is 15.1. The van der Waals surface area contributed by atoms with E-state index in [0.29, 0.717) is 151 Å². The maximum Gasteiger partial charge on any atom is 0.313 e. The number of alkyl halides is 2. The summed E-state index contributed by atoms with van der Waals surface area (Å²) in [6.45, 7) is 0.488. The number of halogens is 2. The van der Waals surface area contributed by atoms with Crippen LogP contribution in [0.4, 0.5) is 54.5 Å². The van der Waals surface area contributed by atoms with Gasteiger partial charge in [-0.05, 0) is 99.9 Å². The van der Waals surface area contributed by atoms with Crippen molar-refractivity contribution in [2.45, 2.75) is 88.8 Å². The highest BCUT2D eigenvalue weighted by atomic mass is 19.3. The summed E-state index contributed by atoms with van der Waals surface area (Å²) >= 11 is 0. The number of H-pyrrole nitrogens is 2. The van der Waals surface area contributed by atoms with Crippen molar-refractivity contribution >= 4 is 109 Å². The van der Waals surface area contributed by atoms with E-state index in [9.17, 15) is 32.8 Å². The number of amides is 5. The number of benzene rings is 4. The van der Waals surface area contributed by atoms with Crippen LogP contribution in [0.5, 0.6) is 23.1 Å². The lowest BCUT2D eigenvalue weighted by atomic mass is 10.1. The molecule has 4 fully saturated rings. The molecule has 11 aromatic heterocycles. The van der Waals surface area contributed by atoms with Crippen molar-refractivity contribution in [1.29, 1.82) is 0 Å². The molecule has 23 rings (SSSR count). The monoisotopic (exact) mass is 1730 g/mol. The fraction of sp³-hybridized carbons (Fsp3) is 0.310. The minimum Gasteiger partial charge on any atom is -0.494 e. The van der Waals surface area contributed by atoms with Gasteiger partial charge in [-0.1, -0.05) is 24.3 Å². The second-order valence-corrected chi connectivity index (χ2v) is 32.7. The van der Waals surface area contributed by atoms with Gasteiger partial charge in [0.15, 0.2) is 58.4 Å². The normalized spacial score (nSPS) is 15.7. The zero-order chi connectivity index (χ0) is 88.4. The zero-order valence-electron chi connectivity index (χ0n) is 71.0. The number of methoxy groups -OCH3 is 3. The number of para-hydroxylation sites is 4. The fourth-order valence-electron chi connectivity index (χ4n) is 16.2. The summed E-state index contributed by atoms with van der Waals surface area (Å²) in [7, 11) is 17.2. The molecule has 0 atom stereocenters. The van der Waals surface area contributed by atoms with Crippen LogP contribution >= 0.6 is 0 Å². The number of rotatable bonds is 20. The molecule has 0 radical (unpaired) electrons. The number of imidazole rings is 3. The number of aromatic nitrogens is 22. The van der Waals surface area contributed by atoms with E-state index in [0.717, 1.165) is 113 Å². The van der Waals surface area contributed by atoms with Crippen molar-refractivity contribution in [1.82, 2.24) is 123 Å². The zero-order valence-corrected chi connectivity index (χ0v) is 71.0. The summed E-state index contributed by atoms with van der Waals surface area (Å²) in [5.74, 6) is 3.12. The number of carbonyl (C=O) groups excluding carboxylic acids is 5. The molecule has 15 aromatic rings. The van der Waals surface area contributed by atoms with E-state index < -0.39 is 12.5 Å². The number of ether oxygens (including phenoxy) is 4. The first kappa shape index (κ1) is 80.7. The standard InChI is InChI=1S/2C22H22N8O2.C22H20N8O2.C21H20F2N6O3/c2*1-29-9-14-15(22(29)31)16(17-21(25-14)27-19(26-17)11-7-8-11)24-13-6-4-5-12(18(13)32-3)20-23-10-30(2)28-20;1-28-9-14-18(22(28)32)16(8-17(25-14)26-21(31)12-6-7-12)30-11-23-19-13(4-3-5-15(19)30)20-24-10-29(2)27-20;1-29-10-24-18(28-29)12-4-3-5-13(17(12)31-2)25-14-8-15(26-19(30)11-6-7-11)27-20-16(14)21(22,23)9-32-20/h2*4-6,10-11H,7-9H2,1-3H3,(H2,24,25,26,27);3-5,8,10-12H,6-7,9H2,1-2H3,(H,25,26,31);3-5,8,10-11H,6-7,9H2,1-2H3,(H2,25,26,27,30). The molecule has 7 N–H and O–H groups in total. The Bertz CT molecular complexity index is 6840. The van der Waals surface area contributed by atoms with E-state index in [-0.39, 0.29) is 64.3 Å². The number of fused-ring (bicyclic) bond motifs is 7. The van der Waals surface area contributed by atoms with Gasteiger partial charge in [0.05, 0.1) is 142 Å². The van der Waals surface area contributed by atoms with E-state index >= 15 is 0 Å². The minimum absolute atomic E-state index is 0.0277. The molecule has 8 aliphatic rings. The maximum atomic E-state index is 14.6. The summed E-state index contributed by atoms with van der Waals surface area (Å²) in [6.07, 6.45) is 16.1. The first-order valence-corrected chi connectivity index (χ1v) is 41.5. The molecule has 650 valence electrons. The van der Waals surface area contributed by atoms with Crippen LogP contribution in [0.25, 0.3) is 84.6 Å². The Balaban J connectivity index is 0.000000107. The van der Waals surface area contributed by atoms with Crippen LogP contribution in [-0.4, -0.2) is 202 Å². The highest BCUT2D eigenvalue weighted by molar-refractivity contribution is 6.11. The predicted molar refractivity (Wildman–Crippen MR) is 463 cm³/mol. The maximum absolute atomic E-state index is 14.6. The Morgan fingerprint density at radius 3 is 1.29 bits per heavy atom. The number of pyridine rings is 4. The van der Waals surface area contributed by atoms with E-state index in [4.69, 9.17) is 38.9 Å². The molecule has 5 amide bonds. The van der Waals surface area contributed by atoms with Crippen LogP contribution in [0.2, 0.25) is 0 Å². The van der Waals surface area contributed by atoms with Gasteiger partial charge in [-0.2, -0.15) is 34.2 Å². The van der Waals surface area contributed by atoms with Gasteiger partial charge in [0.1, 0.15) is 71.5 Å². The van der Waals surface area contributed by atoms with Crippen LogP contribution in [0.3, 0.4) is 0 Å². The van der Waals surface area contributed by atoms with E-state index in [1.807, 2.05) is 80.3 Å². The van der Waals surface area contributed by atoms with Gasteiger partial charge < -0.3 is 70.2 Å². The average Bonchev–Trinajstić information content (AvgIpc) is 1.59. The predicted octanol–water partition coefficient (Wildman–Crippen LogP) is 11.5. The van der Waals surface area contributed by atoms with Crippen molar-refractivity contribution in [3.63, 3.8) is 0 Å². The van der Waals surface area contributed by atoms with Crippen molar-refractivity contribution in [2.24, 2.45) is 40.0 Å². The Labute approximate surface area is 726 Å². The molecule has 39 nitrogen and oxygen atoms in total. The van der Waals surface area contributed by atoms with Gasteiger partial charge in [-0.15, -0.1) is 0 Å². The quantitative estimate of drug-likeness (QED) is 0.0372. The lowest BCUT2D eigenvalue weighted by molar-refractivity contribution is -0.118. The molecular weight excluding hydrogens is 1650 g/mol. The Kier molecular flexibility index (Phi) is 20.0. The molecule has 0 unspecified atom stereocenters. The SMILES string of the molecule is CN1Cc2nc(NC(=O)C3CC3)cc(-n3cnc4c(-c5ncn(C)n5)cccc43)c2C1=O.COc1c(Nc2c3c(nc4nc(C5CC5)[nH]c24)CN(C)C3=O)cccc1-c1ncn(C)n1.COc1c(Nc2c3c(nc4nc(C5CC5)[nH]c24)CN(C)C3=O)cccc1-c1ncn(C)n1.COc1c(Nc2cc(NC(=O)C3CC3)nc3c2C(F)(F)CO3)cccc1-c1ncn(C)n1. The number of aromatic amines is 2. The summed E-state index contributed by atoms with van der Waals surface area (Å²) in [5, 5.41) is 33.0. The highest BCUT2D eigenvalue weighted by Crippen LogP contribution is 2.51. The van der Waals surface area contributed by atoms with Crippen molar-refractivity contribution in [3.8, 4) is 74.4 Å². The Morgan fingerprint density at radius 2 is 0.867 bits per heavy atom. The van der Waals surface area contributed by atoms with Gasteiger partial charge in [-0.25, -0.2) is 49.8 Å². The molecule has 15 heterocycles. The summed E-state index contributed by atoms with van der Waals surface area (Å²) in [5.41, 5.74) is 14.4. The van der Waals surface area contributed by atoms with E-state index in [1.54, 1.807) is 132 Å². The number of hydrogen-bond donors (Lipinski definition) is 7. The minimum atomic E-state index is -3.24. The lowest BCUT2D eigenvalue weighted by Gasteiger charge is -2.18. The number of hydrogen-bond acceptors (Lipinski definition) is 27. The largest absolute Gasteiger partial charge is 0.494 e. The fourth-order valence-corrected chi connectivity index (χ4v) is 16.2. The third-order valence-corrected chi connectivity index (χ3v) is 23.1. The van der Waals surface area contributed by atoms with Gasteiger partial charge >= 0.3 is 5.92 Å². The van der Waals surface area contributed by atoms with Crippen LogP contribution in [0.15, 0.2) is 117 Å². The van der Waals surface area contributed by atoms with Gasteiger partial charge in [0.2, 0.25) is 17.7 Å². The Hall–Kier alpha value is -15.7. The lowest BCUT2D eigenvalue weighted by Crippen LogP contribution is -2.18. The van der Waals surface area contributed by atoms with Gasteiger partial charge in [0.25, 0.3) is 17.7 Å². The second kappa shape index (κ2) is 31.8. The van der Waals surface area contributed by atoms with E-state index in [1.165, 1.54) is 13.2 Å². The first-order chi connectivity index (χ1) is 61.9.